The third kappa shape index (κ3) is 4.19. The number of nitrogens with two attached hydrogens (primary N) is 1. The van der Waals surface area contributed by atoms with Gasteiger partial charge in [0.25, 0.3) is 0 Å². The molecule has 0 saturated heterocycles. The van der Waals surface area contributed by atoms with Gasteiger partial charge in [-0.15, -0.1) is 0 Å². The molecule has 0 radical (unpaired) electrons. The third-order valence-electron chi connectivity index (χ3n) is 2.87. The lowest BCUT2D eigenvalue weighted by Crippen LogP contribution is -2.29. The molecule has 3 N–H and O–H groups in total. The molecule has 0 fully saturated rings. The van der Waals surface area contributed by atoms with Crippen LogP contribution in [-0.2, 0) is 10.0 Å². The maximum atomic E-state index is 12.2. The van der Waals surface area contributed by atoms with E-state index in [2.05, 4.69) is 4.72 Å². The summed E-state index contributed by atoms with van der Waals surface area (Å²) in [6.45, 7) is 5.75. The highest BCUT2D eigenvalue weighted by Gasteiger charge is 2.18. The molecule has 0 saturated carbocycles. The van der Waals surface area contributed by atoms with Crippen LogP contribution in [0.25, 0.3) is 0 Å². The zero-order valence-electron chi connectivity index (χ0n) is 11.9. The zero-order chi connectivity index (χ0) is 14.6. The molecule has 6 heteroatoms. The maximum Gasteiger partial charge on any atom is 0.240 e. The summed E-state index contributed by atoms with van der Waals surface area (Å²) in [4.78, 5) is 0.287. The topological polar surface area (TPSA) is 81.4 Å². The van der Waals surface area contributed by atoms with Gasteiger partial charge in [0.1, 0.15) is 5.75 Å². The van der Waals surface area contributed by atoms with Crippen molar-refractivity contribution in [3.8, 4) is 5.75 Å². The summed E-state index contributed by atoms with van der Waals surface area (Å²) in [6.07, 6.45) is 0.605. The number of benzene rings is 1. The number of sulfonamides is 1. The smallest absolute Gasteiger partial charge is 0.240 e. The molecule has 0 heterocycles. The molecule has 1 unspecified atom stereocenters. The third-order valence-corrected chi connectivity index (χ3v) is 4.48. The minimum atomic E-state index is -3.50. The van der Waals surface area contributed by atoms with E-state index in [9.17, 15) is 8.42 Å². The first-order valence-electron chi connectivity index (χ1n) is 6.18. The van der Waals surface area contributed by atoms with E-state index in [1.807, 2.05) is 13.8 Å². The highest BCUT2D eigenvalue weighted by atomic mass is 32.2. The van der Waals surface area contributed by atoms with Gasteiger partial charge in [-0.05, 0) is 50.5 Å². The van der Waals surface area contributed by atoms with Crippen molar-refractivity contribution in [2.24, 2.45) is 5.73 Å². The fourth-order valence-corrected chi connectivity index (χ4v) is 3.13. The van der Waals surface area contributed by atoms with Gasteiger partial charge in [-0.25, -0.2) is 13.1 Å². The Morgan fingerprint density at radius 3 is 2.47 bits per heavy atom. The van der Waals surface area contributed by atoms with E-state index in [4.69, 9.17) is 10.5 Å². The fraction of sp³-hybridized carbons (Fsp3) is 0.538. The molecule has 1 rings (SSSR count). The Bertz CT molecular complexity index is 539. The van der Waals surface area contributed by atoms with Crippen LogP contribution in [0.4, 0.5) is 0 Å². The van der Waals surface area contributed by atoms with Gasteiger partial charge < -0.3 is 10.5 Å². The maximum absolute atomic E-state index is 12.2. The molecule has 0 aliphatic heterocycles. The molecular formula is C13H22N2O3S. The summed E-state index contributed by atoms with van der Waals surface area (Å²) in [5.74, 6) is 0.687. The van der Waals surface area contributed by atoms with Crippen LogP contribution in [0.5, 0.6) is 5.75 Å². The lowest BCUT2D eigenvalue weighted by atomic mass is 10.1. The Balaban J connectivity index is 2.98. The van der Waals surface area contributed by atoms with Crippen LogP contribution in [0.15, 0.2) is 17.0 Å². The first-order valence-corrected chi connectivity index (χ1v) is 7.66. The molecule has 1 aromatic carbocycles. The van der Waals surface area contributed by atoms with Crippen molar-refractivity contribution >= 4 is 10.0 Å². The minimum Gasteiger partial charge on any atom is -0.496 e. The first kappa shape index (κ1) is 15.9. The van der Waals surface area contributed by atoms with Crippen LogP contribution in [0.1, 0.15) is 24.5 Å². The summed E-state index contributed by atoms with van der Waals surface area (Å²) in [7, 11) is -1.93. The van der Waals surface area contributed by atoms with Crippen molar-refractivity contribution < 1.29 is 13.2 Å². The van der Waals surface area contributed by atoms with Gasteiger partial charge in [0.05, 0.1) is 12.0 Å². The molecule has 0 aliphatic rings. The van der Waals surface area contributed by atoms with Crippen LogP contribution in [-0.4, -0.2) is 28.1 Å². The normalized spacial score (nSPS) is 13.3. The van der Waals surface area contributed by atoms with E-state index < -0.39 is 10.0 Å². The van der Waals surface area contributed by atoms with E-state index in [1.54, 1.807) is 26.2 Å². The van der Waals surface area contributed by atoms with Crippen LogP contribution < -0.4 is 15.2 Å². The molecule has 0 bridgehead atoms. The SMILES string of the molecule is COc1cc(C)c(S(=O)(=O)NCCC(C)N)cc1C. The van der Waals surface area contributed by atoms with E-state index >= 15 is 0 Å². The van der Waals surface area contributed by atoms with Gasteiger partial charge in [-0.3, -0.25) is 0 Å². The summed E-state index contributed by atoms with van der Waals surface area (Å²) < 4.78 is 32.1. The standard InChI is InChI=1S/C13H22N2O3S/c1-9-8-13(10(2)7-12(9)18-4)19(16,17)15-6-5-11(3)14/h7-8,11,15H,5-6,14H2,1-4H3. The molecular weight excluding hydrogens is 264 g/mol. The molecule has 1 atom stereocenters. The number of nitrogens with one attached hydrogen (secondary N) is 1. The number of rotatable bonds is 6. The second-order valence-electron chi connectivity index (χ2n) is 4.75. The van der Waals surface area contributed by atoms with Crippen LogP contribution in [0.3, 0.4) is 0 Å². The van der Waals surface area contributed by atoms with Crippen molar-refractivity contribution in [1.29, 1.82) is 0 Å². The number of methoxy groups -OCH3 is 1. The first-order chi connectivity index (χ1) is 8.77. The largest absolute Gasteiger partial charge is 0.496 e. The number of hydrogen-bond acceptors (Lipinski definition) is 4. The van der Waals surface area contributed by atoms with Crippen molar-refractivity contribution in [2.45, 2.75) is 38.1 Å². The van der Waals surface area contributed by atoms with Crippen molar-refractivity contribution in [1.82, 2.24) is 4.72 Å². The van der Waals surface area contributed by atoms with Gasteiger partial charge in [0.2, 0.25) is 10.0 Å². The van der Waals surface area contributed by atoms with Crippen LogP contribution in [0, 0.1) is 13.8 Å². The number of ether oxygens (including phenoxy) is 1. The van der Waals surface area contributed by atoms with Crippen molar-refractivity contribution in [3.05, 3.63) is 23.3 Å². The number of hydrogen-bond donors (Lipinski definition) is 2. The number of aryl methyl sites for hydroxylation is 2. The highest BCUT2D eigenvalue weighted by Crippen LogP contribution is 2.25. The Morgan fingerprint density at radius 2 is 1.95 bits per heavy atom. The van der Waals surface area contributed by atoms with E-state index in [0.717, 1.165) is 5.56 Å². The summed E-state index contributed by atoms with van der Waals surface area (Å²) in [6, 6.07) is 3.33. The minimum absolute atomic E-state index is 0.0265. The fourth-order valence-electron chi connectivity index (χ4n) is 1.77. The van der Waals surface area contributed by atoms with E-state index in [-0.39, 0.29) is 10.9 Å². The summed E-state index contributed by atoms with van der Waals surface area (Å²) >= 11 is 0. The molecule has 0 amide bonds. The Morgan fingerprint density at radius 1 is 1.32 bits per heavy atom. The second kappa shape index (κ2) is 6.36. The molecule has 1 aromatic rings. The van der Waals surface area contributed by atoms with Crippen LogP contribution >= 0.6 is 0 Å². The quantitative estimate of drug-likeness (QED) is 0.826. The van der Waals surface area contributed by atoms with E-state index in [0.29, 0.717) is 24.3 Å². The lowest BCUT2D eigenvalue weighted by Gasteiger charge is -2.13. The molecule has 5 nitrogen and oxygen atoms in total. The molecule has 108 valence electrons. The Labute approximate surface area is 115 Å². The van der Waals surface area contributed by atoms with Gasteiger partial charge in [0, 0.05) is 12.6 Å². The Kier molecular flexibility index (Phi) is 5.34. The zero-order valence-corrected chi connectivity index (χ0v) is 12.7. The van der Waals surface area contributed by atoms with Gasteiger partial charge in [0.15, 0.2) is 0 Å². The summed E-state index contributed by atoms with van der Waals surface area (Å²) in [5, 5.41) is 0. The van der Waals surface area contributed by atoms with Crippen LogP contribution in [0.2, 0.25) is 0 Å². The second-order valence-corrected chi connectivity index (χ2v) is 6.49. The predicted molar refractivity (Wildman–Crippen MR) is 75.9 cm³/mol. The van der Waals surface area contributed by atoms with Crippen molar-refractivity contribution in [2.75, 3.05) is 13.7 Å². The average molecular weight is 286 g/mol. The predicted octanol–water partition coefficient (Wildman–Crippen LogP) is 1.33. The highest BCUT2D eigenvalue weighted by molar-refractivity contribution is 7.89. The molecule has 0 spiro atoms. The molecule has 0 aromatic heterocycles. The van der Waals surface area contributed by atoms with Gasteiger partial charge in [-0.1, -0.05) is 0 Å². The summed E-state index contributed by atoms with van der Waals surface area (Å²) in [5.41, 5.74) is 7.06. The Hall–Kier alpha value is -1.11. The van der Waals surface area contributed by atoms with E-state index in [1.165, 1.54) is 0 Å². The monoisotopic (exact) mass is 286 g/mol. The van der Waals surface area contributed by atoms with Gasteiger partial charge in [-0.2, -0.15) is 0 Å². The average Bonchev–Trinajstić information content (AvgIpc) is 2.30. The van der Waals surface area contributed by atoms with Crippen molar-refractivity contribution in [3.63, 3.8) is 0 Å². The molecule has 19 heavy (non-hydrogen) atoms. The molecule has 0 aliphatic carbocycles. The lowest BCUT2D eigenvalue weighted by molar-refractivity contribution is 0.411. The van der Waals surface area contributed by atoms with Gasteiger partial charge >= 0.3 is 0 Å².